The molecule has 0 aliphatic carbocycles. The molecule has 0 fully saturated rings. The maximum absolute atomic E-state index is 12.1. The molecule has 2 rings (SSSR count). The summed E-state index contributed by atoms with van der Waals surface area (Å²) in [4.78, 5) is 12.1. The smallest absolute Gasteiger partial charge is 0.320 e. The fourth-order valence-corrected chi connectivity index (χ4v) is 1.89. The number of hydrogen-bond donors (Lipinski definition) is 3. The molecule has 0 aliphatic heterocycles. The molecule has 3 N–H and O–H groups in total. The van der Waals surface area contributed by atoms with E-state index in [9.17, 15) is 20.0 Å². The second kappa shape index (κ2) is 5.90. The van der Waals surface area contributed by atoms with E-state index in [4.69, 9.17) is 0 Å². The van der Waals surface area contributed by atoms with Crippen molar-refractivity contribution in [2.45, 2.75) is 12.9 Å². The number of ketones is 1. The molecule has 0 saturated carbocycles. The Balaban J connectivity index is 2.19. The highest BCUT2D eigenvalue weighted by Crippen LogP contribution is 2.19. The van der Waals surface area contributed by atoms with Crippen molar-refractivity contribution < 1.29 is 20.0 Å². The van der Waals surface area contributed by atoms with E-state index >= 15 is 0 Å². The van der Waals surface area contributed by atoms with Crippen molar-refractivity contribution in [3.05, 3.63) is 59.7 Å². The van der Waals surface area contributed by atoms with Gasteiger partial charge in [0.25, 0.3) is 0 Å². The van der Waals surface area contributed by atoms with Gasteiger partial charge in [-0.1, -0.05) is 31.1 Å². The Morgan fingerprint density at radius 1 is 1.05 bits per heavy atom. The molecule has 0 radical (unpaired) electrons. The van der Waals surface area contributed by atoms with Gasteiger partial charge in [-0.3, -0.25) is 4.79 Å². The standard InChI is InChI=1S/C15H15BO4/c1-16(20)12-6-2-10(3-7-12)14(18)15(19)11-4-8-13(17)9-5-11/h2-9,14,17-18,20H,1H3. The average molecular weight is 270 g/mol. The molecule has 0 saturated heterocycles. The third-order valence-corrected chi connectivity index (χ3v) is 3.13. The molecular formula is C15H15BO4. The maximum atomic E-state index is 12.1. The molecule has 0 heterocycles. The van der Waals surface area contributed by atoms with Crippen LogP contribution in [-0.4, -0.2) is 27.9 Å². The van der Waals surface area contributed by atoms with Crippen molar-refractivity contribution in [3.63, 3.8) is 0 Å². The second-order valence-electron chi connectivity index (χ2n) is 4.66. The summed E-state index contributed by atoms with van der Waals surface area (Å²) < 4.78 is 0. The number of benzene rings is 2. The number of Topliss-reactive ketones (excluding diaryl/α,β-unsaturated/α-hetero) is 1. The SMILES string of the molecule is CB(O)c1ccc(C(O)C(=O)c2ccc(O)cc2)cc1. The van der Waals surface area contributed by atoms with E-state index in [0.29, 0.717) is 11.1 Å². The van der Waals surface area contributed by atoms with Crippen LogP contribution in [0.1, 0.15) is 22.0 Å². The predicted molar refractivity (Wildman–Crippen MR) is 77.3 cm³/mol. The summed E-state index contributed by atoms with van der Waals surface area (Å²) in [5.41, 5.74) is 1.51. The Kier molecular flexibility index (Phi) is 4.22. The quantitative estimate of drug-likeness (QED) is 0.575. The van der Waals surface area contributed by atoms with Gasteiger partial charge in [0.1, 0.15) is 11.9 Å². The molecule has 1 unspecified atom stereocenters. The molecule has 0 aromatic heterocycles. The second-order valence-corrected chi connectivity index (χ2v) is 4.66. The number of carbonyl (C=O) groups is 1. The zero-order valence-corrected chi connectivity index (χ0v) is 11.0. The number of aromatic hydroxyl groups is 1. The van der Waals surface area contributed by atoms with Crippen LogP contribution in [0.25, 0.3) is 0 Å². The summed E-state index contributed by atoms with van der Waals surface area (Å²) in [6.45, 7) is 1.06. The Bertz CT molecular complexity index is 590. The van der Waals surface area contributed by atoms with Crippen LogP contribution < -0.4 is 5.46 Å². The van der Waals surface area contributed by atoms with Gasteiger partial charge in [-0.15, -0.1) is 0 Å². The molecule has 1 atom stereocenters. The van der Waals surface area contributed by atoms with Gasteiger partial charge >= 0.3 is 6.92 Å². The lowest BCUT2D eigenvalue weighted by Gasteiger charge is -2.11. The van der Waals surface area contributed by atoms with Crippen molar-refractivity contribution in [3.8, 4) is 5.75 Å². The summed E-state index contributed by atoms with van der Waals surface area (Å²) in [6.07, 6.45) is -1.26. The fraction of sp³-hybridized carbons (Fsp3) is 0.133. The zero-order chi connectivity index (χ0) is 14.7. The summed E-state index contributed by atoms with van der Waals surface area (Å²) in [5.74, 6) is -0.368. The third kappa shape index (κ3) is 3.07. The Morgan fingerprint density at radius 3 is 2.10 bits per heavy atom. The van der Waals surface area contributed by atoms with Crippen LogP contribution in [0.2, 0.25) is 6.82 Å². The van der Waals surface area contributed by atoms with Gasteiger partial charge in [0.2, 0.25) is 0 Å². The van der Waals surface area contributed by atoms with Gasteiger partial charge in [-0.05, 0) is 35.3 Å². The lowest BCUT2D eigenvalue weighted by Crippen LogP contribution is -2.26. The van der Waals surface area contributed by atoms with Crippen LogP contribution in [0.4, 0.5) is 0 Å². The monoisotopic (exact) mass is 270 g/mol. The topological polar surface area (TPSA) is 77.8 Å². The van der Waals surface area contributed by atoms with Gasteiger partial charge in [0, 0.05) is 5.56 Å². The first-order chi connectivity index (χ1) is 9.49. The largest absolute Gasteiger partial charge is 0.508 e. The van der Waals surface area contributed by atoms with Gasteiger partial charge in [0.05, 0.1) is 0 Å². The number of phenols is 1. The maximum Gasteiger partial charge on any atom is 0.320 e. The fourth-order valence-electron chi connectivity index (χ4n) is 1.89. The van der Waals surface area contributed by atoms with E-state index in [0.717, 1.165) is 5.46 Å². The van der Waals surface area contributed by atoms with E-state index in [-0.39, 0.29) is 5.75 Å². The minimum Gasteiger partial charge on any atom is -0.508 e. The number of phenolic OH excluding ortho intramolecular Hbond substituents is 1. The van der Waals surface area contributed by atoms with Crippen LogP contribution in [0, 0.1) is 0 Å². The molecule has 20 heavy (non-hydrogen) atoms. The van der Waals surface area contributed by atoms with Gasteiger partial charge in [0.15, 0.2) is 5.78 Å². The summed E-state index contributed by atoms with van der Waals surface area (Å²) in [6, 6.07) is 12.3. The summed E-state index contributed by atoms with van der Waals surface area (Å²) in [5, 5.41) is 28.7. The van der Waals surface area contributed by atoms with E-state index in [2.05, 4.69) is 0 Å². The first-order valence-corrected chi connectivity index (χ1v) is 6.28. The van der Waals surface area contributed by atoms with Crippen LogP contribution >= 0.6 is 0 Å². The van der Waals surface area contributed by atoms with Crippen molar-refractivity contribution in [2.75, 3.05) is 0 Å². The number of aliphatic hydroxyl groups is 1. The highest BCUT2D eigenvalue weighted by Gasteiger charge is 2.19. The van der Waals surface area contributed by atoms with Crippen molar-refractivity contribution in [1.29, 1.82) is 0 Å². The minimum absolute atomic E-state index is 0.0670. The van der Waals surface area contributed by atoms with Gasteiger partial charge in [-0.2, -0.15) is 0 Å². The zero-order valence-electron chi connectivity index (χ0n) is 11.0. The van der Waals surface area contributed by atoms with E-state index in [1.54, 1.807) is 31.1 Å². The van der Waals surface area contributed by atoms with Crippen LogP contribution in [-0.2, 0) is 0 Å². The lowest BCUT2D eigenvalue weighted by atomic mass is 9.64. The van der Waals surface area contributed by atoms with E-state index in [1.807, 2.05) is 0 Å². The van der Waals surface area contributed by atoms with Crippen LogP contribution in [0.5, 0.6) is 5.75 Å². The van der Waals surface area contributed by atoms with Crippen molar-refractivity contribution >= 4 is 18.2 Å². The molecule has 0 aliphatic rings. The van der Waals surface area contributed by atoms with E-state index in [1.165, 1.54) is 24.3 Å². The first-order valence-electron chi connectivity index (χ1n) is 6.28. The predicted octanol–water partition coefficient (Wildman–Crippen LogP) is 1.13. The molecule has 0 spiro atoms. The minimum atomic E-state index is -1.26. The normalized spacial score (nSPS) is 11.9. The highest BCUT2D eigenvalue weighted by molar-refractivity contribution is 6.64. The van der Waals surface area contributed by atoms with Gasteiger partial charge < -0.3 is 15.2 Å². The van der Waals surface area contributed by atoms with Crippen molar-refractivity contribution in [2.24, 2.45) is 0 Å². The van der Waals surface area contributed by atoms with Gasteiger partial charge in [-0.25, -0.2) is 0 Å². The molecular weight excluding hydrogens is 255 g/mol. The van der Waals surface area contributed by atoms with Crippen molar-refractivity contribution in [1.82, 2.24) is 0 Å². The summed E-state index contributed by atoms with van der Waals surface area (Å²) in [7, 11) is 0. The molecule has 4 nitrogen and oxygen atoms in total. The van der Waals surface area contributed by atoms with Crippen LogP contribution in [0.3, 0.4) is 0 Å². The molecule has 102 valence electrons. The Hall–Kier alpha value is -2.11. The molecule has 0 amide bonds. The number of rotatable bonds is 4. The molecule has 5 heteroatoms. The molecule has 2 aromatic rings. The lowest BCUT2D eigenvalue weighted by molar-refractivity contribution is 0.0747. The molecule has 0 bridgehead atoms. The Morgan fingerprint density at radius 2 is 1.60 bits per heavy atom. The Labute approximate surface area is 117 Å². The summed E-state index contributed by atoms with van der Waals surface area (Å²) >= 11 is 0. The third-order valence-electron chi connectivity index (χ3n) is 3.13. The molecule has 2 aromatic carbocycles. The number of carbonyl (C=O) groups excluding carboxylic acids is 1. The number of hydrogen-bond acceptors (Lipinski definition) is 4. The van der Waals surface area contributed by atoms with E-state index < -0.39 is 18.8 Å². The average Bonchev–Trinajstić information content (AvgIpc) is 2.46. The highest BCUT2D eigenvalue weighted by atomic mass is 16.3. The van der Waals surface area contributed by atoms with Crippen LogP contribution in [0.15, 0.2) is 48.5 Å². The first kappa shape index (κ1) is 14.3. The number of aliphatic hydroxyl groups excluding tert-OH is 1.